The van der Waals surface area contributed by atoms with Gasteiger partial charge in [-0.2, -0.15) is 0 Å². The van der Waals surface area contributed by atoms with Crippen molar-refractivity contribution in [1.82, 2.24) is 4.90 Å². The molecule has 0 aliphatic carbocycles. The van der Waals surface area contributed by atoms with E-state index in [1.54, 1.807) is 25.1 Å². The highest BCUT2D eigenvalue weighted by Gasteiger charge is 2.22. The van der Waals surface area contributed by atoms with E-state index in [2.05, 4.69) is 0 Å². The second-order valence-corrected chi connectivity index (χ2v) is 4.99. The Morgan fingerprint density at radius 1 is 1.33 bits per heavy atom. The third kappa shape index (κ3) is 3.43. The van der Waals surface area contributed by atoms with E-state index in [1.165, 1.54) is 0 Å². The summed E-state index contributed by atoms with van der Waals surface area (Å²) in [4.78, 5) is 14.1. The summed E-state index contributed by atoms with van der Waals surface area (Å²) in [5, 5.41) is 10.3. The molecule has 1 aromatic heterocycles. The molecule has 0 saturated carbocycles. The zero-order chi connectivity index (χ0) is 15.2. The number of rotatable bonds is 7. The average Bonchev–Trinajstić information content (AvgIpc) is 2.89. The van der Waals surface area contributed by atoms with Crippen LogP contribution in [0.1, 0.15) is 29.0 Å². The summed E-state index contributed by atoms with van der Waals surface area (Å²) >= 11 is 0. The van der Waals surface area contributed by atoms with Crippen LogP contribution in [0.5, 0.6) is 0 Å². The van der Waals surface area contributed by atoms with Gasteiger partial charge in [-0.3, -0.25) is 4.79 Å². The number of benzene rings is 1. The topological polar surface area (TPSA) is 62.9 Å². The molecule has 0 fully saturated rings. The van der Waals surface area contributed by atoms with Crippen LogP contribution in [0.25, 0.3) is 11.0 Å². The summed E-state index contributed by atoms with van der Waals surface area (Å²) in [5.74, 6) is 0.0283. The van der Waals surface area contributed by atoms with E-state index in [4.69, 9.17) is 9.15 Å². The maximum atomic E-state index is 12.4. The molecule has 0 radical (unpaired) electrons. The van der Waals surface area contributed by atoms with Gasteiger partial charge in [0.25, 0.3) is 5.91 Å². The first-order valence-electron chi connectivity index (χ1n) is 7.04. The van der Waals surface area contributed by atoms with Gasteiger partial charge in [-0.05, 0) is 18.9 Å². The molecular weight excluding hydrogens is 270 g/mol. The number of amides is 1. The number of aliphatic hydroxyl groups is 1. The summed E-state index contributed by atoms with van der Waals surface area (Å²) in [5.41, 5.74) is 1.18. The first-order valence-corrected chi connectivity index (χ1v) is 7.04. The number of methoxy groups -OCH3 is 1. The number of carbonyl (C=O) groups is 1. The van der Waals surface area contributed by atoms with E-state index in [-0.39, 0.29) is 18.3 Å². The Morgan fingerprint density at radius 3 is 2.81 bits per heavy atom. The third-order valence-electron chi connectivity index (χ3n) is 3.49. The van der Waals surface area contributed by atoms with E-state index in [1.807, 2.05) is 18.2 Å². The third-order valence-corrected chi connectivity index (χ3v) is 3.49. The quantitative estimate of drug-likeness (QED) is 0.796. The van der Waals surface area contributed by atoms with Gasteiger partial charge in [-0.25, -0.2) is 0 Å². The van der Waals surface area contributed by atoms with Crippen LogP contribution in [-0.4, -0.2) is 43.2 Å². The van der Waals surface area contributed by atoms with Crippen molar-refractivity contribution in [1.29, 1.82) is 0 Å². The Hall–Kier alpha value is -1.85. The van der Waals surface area contributed by atoms with Gasteiger partial charge in [0.2, 0.25) is 0 Å². The minimum atomic E-state index is -0.213. The number of unbranched alkanes of at least 4 members (excludes halogenated alkanes) is 1. The van der Waals surface area contributed by atoms with Crippen molar-refractivity contribution in [3.05, 3.63) is 35.6 Å². The Balaban J connectivity index is 2.15. The molecule has 2 aromatic rings. The number of hydrogen-bond donors (Lipinski definition) is 1. The lowest BCUT2D eigenvalue weighted by atomic mass is 10.1. The highest BCUT2D eigenvalue weighted by molar-refractivity contribution is 5.98. The molecule has 1 heterocycles. The standard InChI is InChI=1S/C16H21NO4/c1-17(9-5-6-10-20-2)16(19)15-13(11-18)12-7-3-4-8-14(12)21-15/h3-4,7-8,18H,5-6,9-11H2,1-2H3. The SMILES string of the molecule is COCCCCN(C)C(=O)c1oc2ccccc2c1CO. The molecule has 0 aliphatic heterocycles. The van der Waals surface area contributed by atoms with Crippen LogP contribution in [0.15, 0.2) is 28.7 Å². The molecule has 114 valence electrons. The molecule has 0 aliphatic rings. The van der Waals surface area contributed by atoms with Crippen LogP contribution in [0.2, 0.25) is 0 Å². The van der Waals surface area contributed by atoms with E-state index in [0.717, 1.165) is 18.2 Å². The van der Waals surface area contributed by atoms with Gasteiger partial charge in [0.1, 0.15) is 5.58 Å². The Kier molecular flexibility index (Phi) is 5.36. The molecule has 0 spiro atoms. The number of hydrogen-bond acceptors (Lipinski definition) is 4. The summed E-state index contributed by atoms with van der Waals surface area (Å²) < 4.78 is 10.6. The average molecular weight is 291 g/mol. The summed E-state index contributed by atoms with van der Waals surface area (Å²) in [7, 11) is 3.40. The molecule has 5 nitrogen and oxygen atoms in total. The van der Waals surface area contributed by atoms with Crippen LogP contribution in [0.3, 0.4) is 0 Å². The monoisotopic (exact) mass is 291 g/mol. The number of nitrogens with zero attached hydrogens (tertiary/aromatic N) is 1. The second kappa shape index (κ2) is 7.24. The minimum absolute atomic E-state index is 0.201. The van der Waals surface area contributed by atoms with Gasteiger partial charge in [-0.1, -0.05) is 18.2 Å². The van der Waals surface area contributed by atoms with Gasteiger partial charge < -0.3 is 19.2 Å². The van der Waals surface area contributed by atoms with Crippen molar-refractivity contribution in [3.8, 4) is 0 Å². The molecule has 2 rings (SSSR count). The van der Waals surface area contributed by atoms with Crippen LogP contribution >= 0.6 is 0 Å². The highest BCUT2D eigenvalue weighted by Crippen LogP contribution is 2.26. The van der Waals surface area contributed by atoms with E-state index in [9.17, 15) is 9.90 Å². The van der Waals surface area contributed by atoms with Crippen molar-refractivity contribution >= 4 is 16.9 Å². The van der Waals surface area contributed by atoms with Gasteiger partial charge >= 0.3 is 0 Å². The summed E-state index contributed by atoms with van der Waals surface area (Å²) in [6, 6.07) is 7.35. The second-order valence-electron chi connectivity index (χ2n) is 4.99. The largest absolute Gasteiger partial charge is 0.451 e. The Labute approximate surface area is 124 Å². The van der Waals surface area contributed by atoms with Crippen molar-refractivity contribution in [2.24, 2.45) is 0 Å². The van der Waals surface area contributed by atoms with Crippen molar-refractivity contribution in [2.45, 2.75) is 19.4 Å². The number of carbonyl (C=O) groups excluding carboxylic acids is 1. The first-order chi connectivity index (χ1) is 10.2. The number of aliphatic hydroxyl groups excluding tert-OH is 1. The van der Waals surface area contributed by atoms with Crippen LogP contribution < -0.4 is 0 Å². The number of para-hydroxylation sites is 1. The van der Waals surface area contributed by atoms with Crippen LogP contribution in [-0.2, 0) is 11.3 Å². The van der Waals surface area contributed by atoms with Crippen molar-refractivity contribution in [2.75, 3.05) is 27.3 Å². The zero-order valence-corrected chi connectivity index (χ0v) is 12.5. The predicted octanol–water partition coefficient (Wildman–Crippen LogP) is 2.42. The fourth-order valence-electron chi connectivity index (χ4n) is 2.30. The zero-order valence-electron chi connectivity index (χ0n) is 12.5. The van der Waals surface area contributed by atoms with Gasteiger partial charge in [0.05, 0.1) is 6.61 Å². The maximum absolute atomic E-state index is 12.4. The molecule has 0 saturated heterocycles. The highest BCUT2D eigenvalue weighted by atomic mass is 16.5. The molecule has 1 N–H and O–H groups in total. The van der Waals surface area contributed by atoms with E-state index < -0.39 is 0 Å². The Bertz CT molecular complexity index is 605. The normalized spacial score (nSPS) is 11.0. The fourth-order valence-corrected chi connectivity index (χ4v) is 2.30. The molecular formula is C16H21NO4. The van der Waals surface area contributed by atoms with Crippen molar-refractivity contribution < 1.29 is 19.1 Å². The lowest BCUT2D eigenvalue weighted by Gasteiger charge is -2.16. The predicted molar refractivity (Wildman–Crippen MR) is 80.2 cm³/mol. The van der Waals surface area contributed by atoms with Gasteiger partial charge in [-0.15, -0.1) is 0 Å². The van der Waals surface area contributed by atoms with Crippen LogP contribution in [0, 0.1) is 0 Å². The van der Waals surface area contributed by atoms with E-state index >= 15 is 0 Å². The van der Waals surface area contributed by atoms with Gasteiger partial charge in [0, 0.05) is 38.3 Å². The molecule has 1 amide bonds. The Morgan fingerprint density at radius 2 is 2.10 bits per heavy atom. The fraction of sp³-hybridized carbons (Fsp3) is 0.438. The maximum Gasteiger partial charge on any atom is 0.289 e. The van der Waals surface area contributed by atoms with Gasteiger partial charge in [0.15, 0.2) is 5.76 Å². The minimum Gasteiger partial charge on any atom is -0.451 e. The van der Waals surface area contributed by atoms with Crippen molar-refractivity contribution in [3.63, 3.8) is 0 Å². The number of ether oxygens (including phenoxy) is 1. The van der Waals surface area contributed by atoms with Crippen LogP contribution in [0.4, 0.5) is 0 Å². The molecule has 0 unspecified atom stereocenters. The van der Waals surface area contributed by atoms with E-state index in [0.29, 0.717) is 24.3 Å². The lowest BCUT2D eigenvalue weighted by Crippen LogP contribution is -2.28. The number of fused-ring (bicyclic) bond motifs is 1. The molecule has 0 bridgehead atoms. The smallest absolute Gasteiger partial charge is 0.289 e. The summed E-state index contributed by atoms with van der Waals surface area (Å²) in [6.07, 6.45) is 1.77. The molecule has 1 aromatic carbocycles. The lowest BCUT2D eigenvalue weighted by molar-refractivity contribution is 0.0755. The number of furan rings is 1. The summed E-state index contributed by atoms with van der Waals surface area (Å²) in [6.45, 7) is 1.11. The molecule has 21 heavy (non-hydrogen) atoms. The first kappa shape index (κ1) is 15.5. The molecule has 0 atom stereocenters. The molecule has 5 heteroatoms.